The van der Waals surface area contributed by atoms with E-state index in [0.717, 1.165) is 43.1 Å². The normalized spacial score (nSPS) is 16.4. The number of carbonyl (C=O) groups is 1. The van der Waals surface area contributed by atoms with Crippen molar-refractivity contribution in [3.63, 3.8) is 0 Å². The average Bonchev–Trinajstić information content (AvgIpc) is 3.39. The van der Waals surface area contributed by atoms with Gasteiger partial charge in [0.05, 0.1) is 18.8 Å². The molecule has 1 amide bonds. The molecular weight excluding hydrogens is 419 g/mol. The van der Waals surface area contributed by atoms with Gasteiger partial charge in [-0.2, -0.15) is 5.10 Å². The topological polar surface area (TPSA) is 70.2 Å². The number of nitrogens with zero attached hydrogens (tertiary/aromatic N) is 2. The second-order valence-corrected chi connectivity index (χ2v) is 8.09. The lowest BCUT2D eigenvalue weighted by Crippen LogP contribution is -2.31. The van der Waals surface area contributed by atoms with Gasteiger partial charge in [-0.1, -0.05) is 17.7 Å². The molecule has 4 rings (SSSR count). The van der Waals surface area contributed by atoms with E-state index in [1.807, 2.05) is 18.2 Å². The lowest BCUT2D eigenvalue weighted by molar-refractivity contribution is -0.117. The van der Waals surface area contributed by atoms with E-state index in [9.17, 15) is 9.18 Å². The van der Waals surface area contributed by atoms with Gasteiger partial charge in [-0.15, -0.1) is 0 Å². The lowest BCUT2D eigenvalue weighted by atomic mass is 10.0. The van der Waals surface area contributed by atoms with Crippen LogP contribution >= 0.6 is 11.6 Å². The summed E-state index contributed by atoms with van der Waals surface area (Å²) in [6.07, 6.45) is 1.67. The van der Waals surface area contributed by atoms with Gasteiger partial charge in [0, 0.05) is 35.3 Å². The van der Waals surface area contributed by atoms with Crippen LogP contribution in [0.1, 0.15) is 23.7 Å². The summed E-state index contributed by atoms with van der Waals surface area (Å²) in [5.41, 5.74) is 2.63. The van der Waals surface area contributed by atoms with Crippen LogP contribution < -0.4 is 10.1 Å². The molecule has 2 heterocycles. The number of amides is 1. The number of ether oxygens (including phenoxy) is 1. The second kappa shape index (κ2) is 9.94. The smallest absolute Gasteiger partial charge is 0.238 e. The summed E-state index contributed by atoms with van der Waals surface area (Å²) in [5, 5.41) is 11.0. The SMILES string of the molecule is O=C(CN1CCC(c2cc(CCOc3cccc(Cl)c3)[nH]n2)C1)Nc1ccc(F)cc1. The van der Waals surface area contributed by atoms with Gasteiger partial charge < -0.3 is 10.1 Å². The first-order chi connectivity index (χ1) is 15.0. The molecule has 0 aliphatic carbocycles. The fourth-order valence-corrected chi connectivity index (χ4v) is 3.89. The first-order valence-corrected chi connectivity index (χ1v) is 10.6. The molecule has 2 N–H and O–H groups in total. The summed E-state index contributed by atoms with van der Waals surface area (Å²) in [6, 6.07) is 15.2. The number of halogens is 2. The number of carbonyl (C=O) groups excluding carboxylic acids is 1. The Bertz CT molecular complexity index is 1020. The van der Waals surface area contributed by atoms with Gasteiger partial charge in [0.15, 0.2) is 0 Å². The first kappa shape index (κ1) is 21.3. The molecule has 2 aromatic carbocycles. The Morgan fingerprint density at radius 3 is 2.90 bits per heavy atom. The fraction of sp³-hybridized carbons (Fsp3) is 0.304. The monoisotopic (exact) mass is 442 g/mol. The summed E-state index contributed by atoms with van der Waals surface area (Å²) in [5.74, 6) is 0.609. The Kier molecular flexibility index (Phi) is 6.84. The van der Waals surface area contributed by atoms with Gasteiger partial charge in [-0.3, -0.25) is 14.8 Å². The quantitative estimate of drug-likeness (QED) is 0.547. The van der Waals surface area contributed by atoms with Gasteiger partial charge in [0.1, 0.15) is 11.6 Å². The highest BCUT2D eigenvalue weighted by atomic mass is 35.5. The van der Waals surface area contributed by atoms with Gasteiger partial charge >= 0.3 is 0 Å². The van der Waals surface area contributed by atoms with Gasteiger partial charge in [0.25, 0.3) is 0 Å². The molecule has 31 heavy (non-hydrogen) atoms. The van der Waals surface area contributed by atoms with Crippen molar-refractivity contribution in [3.05, 3.63) is 76.8 Å². The maximum absolute atomic E-state index is 13.0. The third kappa shape index (κ3) is 6.06. The minimum Gasteiger partial charge on any atom is -0.493 e. The van der Waals surface area contributed by atoms with Crippen molar-refractivity contribution in [2.75, 3.05) is 31.6 Å². The Labute approximate surface area is 185 Å². The summed E-state index contributed by atoms with van der Waals surface area (Å²) >= 11 is 5.97. The van der Waals surface area contributed by atoms with Crippen molar-refractivity contribution in [3.8, 4) is 5.75 Å². The molecule has 1 atom stereocenters. The number of nitrogens with one attached hydrogen (secondary N) is 2. The van der Waals surface area contributed by atoms with E-state index in [0.29, 0.717) is 23.9 Å². The van der Waals surface area contributed by atoms with E-state index in [2.05, 4.69) is 26.5 Å². The number of H-pyrrole nitrogens is 1. The van der Waals surface area contributed by atoms with Crippen molar-refractivity contribution in [2.45, 2.75) is 18.8 Å². The maximum Gasteiger partial charge on any atom is 0.238 e. The Morgan fingerprint density at radius 2 is 2.10 bits per heavy atom. The number of aromatic amines is 1. The van der Waals surface area contributed by atoms with E-state index >= 15 is 0 Å². The number of likely N-dealkylation sites (tertiary alicyclic amines) is 1. The average molecular weight is 443 g/mol. The molecule has 1 aliphatic rings. The van der Waals surface area contributed by atoms with Crippen molar-refractivity contribution in [1.82, 2.24) is 15.1 Å². The Hall–Kier alpha value is -2.90. The van der Waals surface area contributed by atoms with E-state index < -0.39 is 0 Å². The third-order valence-corrected chi connectivity index (χ3v) is 5.51. The van der Waals surface area contributed by atoms with Crippen molar-refractivity contribution in [1.29, 1.82) is 0 Å². The zero-order chi connectivity index (χ0) is 21.6. The number of benzene rings is 2. The molecule has 0 saturated carbocycles. The minimum atomic E-state index is -0.324. The van der Waals surface area contributed by atoms with Gasteiger partial charge in [-0.05, 0) is 61.5 Å². The molecule has 1 aliphatic heterocycles. The van der Waals surface area contributed by atoms with E-state index in [-0.39, 0.29) is 17.6 Å². The number of hydrogen-bond donors (Lipinski definition) is 2. The Balaban J connectivity index is 1.22. The molecule has 6 nitrogen and oxygen atoms in total. The fourth-order valence-electron chi connectivity index (χ4n) is 3.71. The molecule has 0 radical (unpaired) electrons. The third-order valence-electron chi connectivity index (χ3n) is 5.27. The standard InChI is InChI=1S/C23H24ClFN4O2/c24-17-2-1-3-21(12-17)31-11-9-20-13-22(28-27-20)16-8-10-29(14-16)15-23(30)26-19-6-4-18(25)5-7-19/h1-7,12-13,16H,8-11,14-15H2,(H,26,30)(H,27,28). The molecule has 162 valence electrons. The molecular formula is C23H24ClFN4O2. The molecule has 1 saturated heterocycles. The number of aromatic nitrogens is 2. The van der Waals surface area contributed by atoms with E-state index in [1.54, 1.807) is 18.2 Å². The predicted octanol–water partition coefficient (Wildman–Crippen LogP) is 4.25. The van der Waals surface area contributed by atoms with Crippen LogP contribution in [0.5, 0.6) is 5.75 Å². The molecule has 1 aromatic heterocycles. The molecule has 1 unspecified atom stereocenters. The van der Waals surface area contributed by atoms with Crippen LogP contribution in [-0.2, 0) is 11.2 Å². The summed E-state index contributed by atoms with van der Waals surface area (Å²) in [7, 11) is 0. The van der Waals surface area contributed by atoms with Crippen molar-refractivity contribution in [2.24, 2.45) is 0 Å². The van der Waals surface area contributed by atoms with Crippen LogP contribution in [0.3, 0.4) is 0 Å². The molecule has 8 heteroatoms. The van der Waals surface area contributed by atoms with E-state index in [4.69, 9.17) is 16.3 Å². The number of rotatable bonds is 8. The Morgan fingerprint density at radius 1 is 1.26 bits per heavy atom. The van der Waals surface area contributed by atoms with Crippen LogP contribution in [0.25, 0.3) is 0 Å². The molecule has 1 fully saturated rings. The van der Waals surface area contributed by atoms with Gasteiger partial charge in [-0.25, -0.2) is 4.39 Å². The van der Waals surface area contributed by atoms with Gasteiger partial charge in [0.2, 0.25) is 5.91 Å². The number of anilines is 1. The summed E-state index contributed by atoms with van der Waals surface area (Å²) in [4.78, 5) is 14.4. The highest BCUT2D eigenvalue weighted by Crippen LogP contribution is 2.26. The summed E-state index contributed by atoms with van der Waals surface area (Å²) < 4.78 is 18.7. The van der Waals surface area contributed by atoms with Crippen LogP contribution in [0, 0.1) is 5.82 Å². The highest BCUT2D eigenvalue weighted by Gasteiger charge is 2.27. The van der Waals surface area contributed by atoms with Crippen LogP contribution in [0.4, 0.5) is 10.1 Å². The predicted molar refractivity (Wildman–Crippen MR) is 118 cm³/mol. The van der Waals surface area contributed by atoms with Crippen LogP contribution in [-0.4, -0.2) is 47.2 Å². The molecule has 3 aromatic rings. The van der Waals surface area contributed by atoms with Crippen molar-refractivity contribution < 1.29 is 13.9 Å². The van der Waals surface area contributed by atoms with Crippen LogP contribution in [0.15, 0.2) is 54.6 Å². The number of hydrogen-bond acceptors (Lipinski definition) is 4. The highest BCUT2D eigenvalue weighted by molar-refractivity contribution is 6.30. The van der Waals surface area contributed by atoms with Crippen LogP contribution in [0.2, 0.25) is 5.02 Å². The van der Waals surface area contributed by atoms with Crippen molar-refractivity contribution >= 4 is 23.2 Å². The lowest BCUT2D eigenvalue weighted by Gasteiger charge is -2.15. The maximum atomic E-state index is 13.0. The summed E-state index contributed by atoms with van der Waals surface area (Å²) in [6.45, 7) is 2.45. The molecule has 0 spiro atoms. The zero-order valence-electron chi connectivity index (χ0n) is 17.0. The largest absolute Gasteiger partial charge is 0.493 e. The first-order valence-electron chi connectivity index (χ1n) is 10.3. The minimum absolute atomic E-state index is 0.104. The zero-order valence-corrected chi connectivity index (χ0v) is 17.7. The van der Waals surface area contributed by atoms with E-state index in [1.165, 1.54) is 12.1 Å². The molecule has 0 bridgehead atoms. The second-order valence-electron chi connectivity index (χ2n) is 7.65.